The van der Waals surface area contributed by atoms with Gasteiger partial charge in [-0.05, 0) is 12.1 Å². The number of aryl methyl sites for hydroxylation is 1. The minimum Gasteiger partial charge on any atom is -0.404 e. The lowest BCUT2D eigenvalue weighted by Gasteiger charge is -2.35. The number of nitrogens with one attached hydrogen (secondary N) is 1. The third-order valence-electron chi connectivity index (χ3n) is 4.01. The molecule has 0 aliphatic carbocycles. The summed E-state index contributed by atoms with van der Waals surface area (Å²) in [7, 11) is -2.52. The van der Waals surface area contributed by atoms with Crippen molar-refractivity contribution in [1.29, 1.82) is 0 Å². The van der Waals surface area contributed by atoms with Crippen LogP contribution in [0.4, 0.5) is 13.2 Å². The number of para-hydroxylation sites is 1. The van der Waals surface area contributed by atoms with Crippen molar-refractivity contribution in [1.82, 2.24) is 19.2 Å². The molecule has 1 saturated heterocycles. The molecule has 1 aliphatic rings. The lowest BCUT2D eigenvalue weighted by molar-refractivity contribution is -0.275. The van der Waals surface area contributed by atoms with E-state index in [2.05, 4.69) is 15.0 Å². The van der Waals surface area contributed by atoms with Crippen molar-refractivity contribution in [3.8, 4) is 5.75 Å². The average molecular weight is 390 g/mol. The third-order valence-corrected chi connectivity index (χ3v) is 5.96. The third kappa shape index (κ3) is 3.69. The van der Waals surface area contributed by atoms with E-state index in [4.69, 9.17) is 0 Å². The molecule has 0 saturated carbocycles. The normalized spacial score (nSPS) is 19.5. The van der Waals surface area contributed by atoms with Gasteiger partial charge >= 0.3 is 6.36 Å². The highest BCUT2D eigenvalue weighted by Crippen LogP contribution is 2.34. The number of benzene rings is 1. The first-order valence-electron chi connectivity index (χ1n) is 7.75. The maximum Gasteiger partial charge on any atom is 0.573 e. The summed E-state index contributed by atoms with van der Waals surface area (Å²) in [5.74, 6) is -0.257. The number of hydrogen-bond acceptors (Lipinski definition) is 5. The summed E-state index contributed by atoms with van der Waals surface area (Å²) in [5.41, 5.74) is 0. The molecule has 3 rings (SSSR count). The number of nitrogens with zero attached hydrogens (tertiary/aromatic N) is 3. The molecule has 1 aromatic carbocycles. The molecule has 0 radical (unpaired) electrons. The minimum atomic E-state index is -4.99. The smallest absolute Gasteiger partial charge is 0.404 e. The maximum absolute atomic E-state index is 13.1. The Labute approximate surface area is 148 Å². The van der Waals surface area contributed by atoms with Crippen LogP contribution in [-0.2, 0) is 17.1 Å². The second kappa shape index (κ2) is 6.89. The largest absolute Gasteiger partial charge is 0.573 e. The van der Waals surface area contributed by atoms with Crippen LogP contribution >= 0.6 is 0 Å². The highest BCUT2D eigenvalue weighted by atomic mass is 32.2. The molecule has 26 heavy (non-hydrogen) atoms. The fourth-order valence-corrected chi connectivity index (χ4v) is 4.59. The van der Waals surface area contributed by atoms with E-state index < -0.39 is 33.1 Å². The van der Waals surface area contributed by atoms with Gasteiger partial charge in [-0.25, -0.2) is 13.4 Å². The average Bonchev–Trinajstić information content (AvgIpc) is 2.99. The van der Waals surface area contributed by atoms with Gasteiger partial charge in [-0.1, -0.05) is 12.1 Å². The van der Waals surface area contributed by atoms with Gasteiger partial charge in [-0.3, -0.25) is 0 Å². The van der Waals surface area contributed by atoms with Crippen LogP contribution in [0.15, 0.2) is 41.6 Å². The molecule has 142 valence electrons. The number of halogens is 3. The molecule has 0 spiro atoms. The molecule has 7 nitrogen and oxygen atoms in total. The van der Waals surface area contributed by atoms with Crippen LogP contribution in [0.1, 0.15) is 11.9 Å². The SMILES string of the molecule is Cn1ccnc1C1CNCCN1S(=O)(=O)c1ccccc1OC(F)(F)F. The summed E-state index contributed by atoms with van der Waals surface area (Å²) < 4.78 is 71.0. The van der Waals surface area contributed by atoms with Crippen LogP contribution in [0, 0.1) is 0 Å². The lowest BCUT2D eigenvalue weighted by atomic mass is 10.2. The van der Waals surface area contributed by atoms with Crippen molar-refractivity contribution < 1.29 is 26.3 Å². The van der Waals surface area contributed by atoms with Gasteiger partial charge in [0.1, 0.15) is 16.5 Å². The highest BCUT2D eigenvalue weighted by molar-refractivity contribution is 7.89. The predicted molar refractivity (Wildman–Crippen MR) is 85.8 cm³/mol. The van der Waals surface area contributed by atoms with Gasteiger partial charge < -0.3 is 14.6 Å². The summed E-state index contributed by atoms with van der Waals surface area (Å²) in [6.07, 6.45) is -1.78. The number of hydrogen-bond donors (Lipinski definition) is 1. The van der Waals surface area contributed by atoms with Crippen LogP contribution in [0.2, 0.25) is 0 Å². The van der Waals surface area contributed by atoms with E-state index in [-0.39, 0.29) is 6.54 Å². The number of alkyl halides is 3. The molecule has 0 bridgehead atoms. The van der Waals surface area contributed by atoms with E-state index in [0.717, 1.165) is 16.4 Å². The van der Waals surface area contributed by atoms with E-state index in [1.807, 2.05) is 0 Å². The molecular formula is C15H17F3N4O3S. The number of rotatable bonds is 4. The molecule has 1 atom stereocenters. The predicted octanol–water partition coefficient (Wildman–Crippen LogP) is 1.65. The minimum absolute atomic E-state index is 0.0974. The van der Waals surface area contributed by atoms with Crippen LogP contribution in [0.25, 0.3) is 0 Å². The molecule has 1 aromatic heterocycles. The van der Waals surface area contributed by atoms with E-state index in [1.165, 1.54) is 18.3 Å². The van der Waals surface area contributed by atoms with Gasteiger partial charge in [0, 0.05) is 39.1 Å². The standard InChI is InChI=1S/C15H17F3N4O3S/c1-21-8-7-20-14(21)11-10-19-6-9-22(11)26(23,24)13-5-3-2-4-12(13)25-15(16,17)18/h2-5,7-8,11,19H,6,9-10H2,1H3. The summed E-state index contributed by atoms with van der Waals surface area (Å²) in [5, 5.41) is 3.09. The van der Waals surface area contributed by atoms with Gasteiger partial charge in [0.2, 0.25) is 10.0 Å². The zero-order chi connectivity index (χ0) is 18.9. The van der Waals surface area contributed by atoms with Gasteiger partial charge in [-0.2, -0.15) is 4.31 Å². The van der Waals surface area contributed by atoms with E-state index >= 15 is 0 Å². The Morgan fingerprint density at radius 2 is 2.04 bits per heavy atom. The number of imidazole rings is 1. The molecule has 1 unspecified atom stereocenters. The van der Waals surface area contributed by atoms with E-state index in [9.17, 15) is 21.6 Å². The molecule has 1 fully saturated rings. The van der Waals surface area contributed by atoms with Crippen molar-refractivity contribution in [3.63, 3.8) is 0 Å². The van der Waals surface area contributed by atoms with Crippen molar-refractivity contribution >= 4 is 10.0 Å². The quantitative estimate of drug-likeness (QED) is 0.859. The first-order chi connectivity index (χ1) is 12.2. The Morgan fingerprint density at radius 3 is 2.69 bits per heavy atom. The van der Waals surface area contributed by atoms with Crippen LogP contribution in [0.5, 0.6) is 5.75 Å². The second-order valence-corrected chi connectivity index (χ2v) is 7.59. The summed E-state index contributed by atoms with van der Waals surface area (Å²) in [6, 6.07) is 4.08. The first kappa shape index (κ1) is 18.7. The van der Waals surface area contributed by atoms with Crippen molar-refractivity contribution in [2.75, 3.05) is 19.6 Å². The first-order valence-corrected chi connectivity index (χ1v) is 9.19. The maximum atomic E-state index is 13.1. The number of sulfonamides is 1. The molecule has 1 aliphatic heterocycles. The monoisotopic (exact) mass is 390 g/mol. The van der Waals surface area contributed by atoms with E-state index in [1.54, 1.807) is 17.8 Å². The van der Waals surface area contributed by atoms with Crippen molar-refractivity contribution in [2.24, 2.45) is 7.05 Å². The molecule has 1 N–H and O–H groups in total. The van der Waals surface area contributed by atoms with Crippen molar-refractivity contribution in [3.05, 3.63) is 42.5 Å². The summed E-state index contributed by atoms with van der Waals surface area (Å²) in [4.78, 5) is 3.66. The summed E-state index contributed by atoms with van der Waals surface area (Å²) in [6.45, 7) is 0.773. The zero-order valence-corrected chi connectivity index (χ0v) is 14.6. The Morgan fingerprint density at radius 1 is 1.31 bits per heavy atom. The number of piperazine rings is 1. The number of ether oxygens (including phenoxy) is 1. The van der Waals surface area contributed by atoms with E-state index in [0.29, 0.717) is 18.9 Å². The van der Waals surface area contributed by atoms with Gasteiger partial charge in [0.15, 0.2) is 0 Å². The fraction of sp³-hybridized carbons (Fsp3) is 0.400. The molecule has 11 heteroatoms. The van der Waals surface area contributed by atoms with Gasteiger partial charge in [-0.15, -0.1) is 13.2 Å². The number of aromatic nitrogens is 2. The topological polar surface area (TPSA) is 76.5 Å². The molecule has 0 amide bonds. The Bertz CT molecular complexity index is 882. The van der Waals surface area contributed by atoms with Gasteiger partial charge in [0.05, 0.1) is 6.04 Å². The van der Waals surface area contributed by atoms with Crippen LogP contribution < -0.4 is 10.1 Å². The molecular weight excluding hydrogens is 373 g/mol. The Hall–Kier alpha value is -2.11. The molecule has 2 heterocycles. The lowest BCUT2D eigenvalue weighted by Crippen LogP contribution is -2.49. The fourth-order valence-electron chi connectivity index (χ4n) is 2.89. The van der Waals surface area contributed by atoms with Crippen LogP contribution in [0.3, 0.4) is 0 Å². The molecule has 2 aromatic rings. The van der Waals surface area contributed by atoms with Gasteiger partial charge in [0.25, 0.3) is 0 Å². The highest BCUT2D eigenvalue weighted by Gasteiger charge is 2.40. The Balaban J connectivity index is 2.03. The van der Waals surface area contributed by atoms with Crippen molar-refractivity contribution in [2.45, 2.75) is 17.3 Å². The Kier molecular flexibility index (Phi) is 4.95. The zero-order valence-electron chi connectivity index (χ0n) is 13.8. The second-order valence-electron chi connectivity index (χ2n) is 5.73. The summed E-state index contributed by atoms with van der Waals surface area (Å²) >= 11 is 0. The van der Waals surface area contributed by atoms with Crippen LogP contribution in [-0.4, -0.2) is 48.3 Å².